The van der Waals surface area contributed by atoms with Crippen LogP contribution in [-0.4, -0.2) is 77.1 Å². The largest absolute Gasteiger partial charge is 0.444 e. The molecule has 2 aliphatic heterocycles. The minimum atomic E-state index is -4.34. The third-order valence-corrected chi connectivity index (χ3v) is 5.15. The van der Waals surface area contributed by atoms with Crippen molar-refractivity contribution in [2.75, 3.05) is 39.3 Å². The molecule has 26 heavy (non-hydrogen) atoms. The summed E-state index contributed by atoms with van der Waals surface area (Å²) in [5.74, 6) is 1.11. The SMILES string of the molecule is Cc1nc(CN2CCN([C@H]3CCCN(CC(F)(F)F)C3=O)CC2)oc1C. The molecular formula is C17H25F3N4O2. The van der Waals surface area contributed by atoms with Crippen LogP contribution < -0.4 is 0 Å². The number of piperidine rings is 1. The number of alkyl halides is 3. The fourth-order valence-electron chi connectivity index (χ4n) is 3.66. The van der Waals surface area contributed by atoms with Crippen molar-refractivity contribution in [3.8, 4) is 0 Å². The standard InChI is InChI=1S/C17H25F3N4O2/c1-12-13(2)26-15(21-12)10-22-6-8-23(9-7-22)14-4-3-5-24(16(14)25)11-17(18,19)20/h14H,3-11H2,1-2H3/t14-/m0/s1. The molecular weight excluding hydrogens is 349 g/mol. The summed E-state index contributed by atoms with van der Waals surface area (Å²) in [5.41, 5.74) is 0.885. The van der Waals surface area contributed by atoms with E-state index in [0.29, 0.717) is 38.4 Å². The molecule has 3 heterocycles. The summed E-state index contributed by atoms with van der Waals surface area (Å²) in [5, 5.41) is 0. The number of hydrogen-bond acceptors (Lipinski definition) is 5. The minimum Gasteiger partial charge on any atom is -0.444 e. The predicted octanol–water partition coefficient (Wildman–Crippen LogP) is 1.96. The number of amides is 1. The number of hydrogen-bond donors (Lipinski definition) is 0. The Labute approximate surface area is 150 Å². The lowest BCUT2D eigenvalue weighted by molar-refractivity contribution is -0.168. The molecule has 1 aromatic rings. The van der Waals surface area contributed by atoms with Crippen molar-refractivity contribution in [3.05, 3.63) is 17.3 Å². The summed E-state index contributed by atoms with van der Waals surface area (Å²) in [6.45, 7) is 6.24. The van der Waals surface area contributed by atoms with Crippen molar-refractivity contribution in [2.45, 2.75) is 45.5 Å². The van der Waals surface area contributed by atoms with E-state index < -0.39 is 18.8 Å². The second-order valence-corrected chi connectivity index (χ2v) is 7.09. The van der Waals surface area contributed by atoms with Gasteiger partial charge in [-0.25, -0.2) is 4.98 Å². The van der Waals surface area contributed by atoms with Crippen molar-refractivity contribution < 1.29 is 22.4 Å². The Morgan fingerprint density at radius 3 is 2.42 bits per heavy atom. The van der Waals surface area contributed by atoms with Crippen molar-refractivity contribution in [1.82, 2.24) is 19.7 Å². The molecule has 0 aromatic carbocycles. The Hall–Kier alpha value is -1.61. The van der Waals surface area contributed by atoms with E-state index in [-0.39, 0.29) is 12.5 Å². The van der Waals surface area contributed by atoms with Crippen LogP contribution in [0.4, 0.5) is 13.2 Å². The molecule has 0 N–H and O–H groups in total. The molecule has 0 spiro atoms. The fraction of sp³-hybridized carbons (Fsp3) is 0.765. The van der Waals surface area contributed by atoms with Gasteiger partial charge in [0, 0.05) is 32.7 Å². The van der Waals surface area contributed by atoms with E-state index in [1.165, 1.54) is 0 Å². The highest BCUT2D eigenvalue weighted by Gasteiger charge is 2.39. The lowest BCUT2D eigenvalue weighted by Crippen LogP contribution is -2.58. The zero-order chi connectivity index (χ0) is 18.9. The number of nitrogens with zero attached hydrogens (tertiary/aromatic N) is 4. The summed E-state index contributed by atoms with van der Waals surface area (Å²) in [4.78, 5) is 22.0. The number of carbonyl (C=O) groups is 1. The topological polar surface area (TPSA) is 52.8 Å². The Morgan fingerprint density at radius 1 is 1.15 bits per heavy atom. The van der Waals surface area contributed by atoms with Gasteiger partial charge in [0.15, 0.2) is 0 Å². The van der Waals surface area contributed by atoms with Gasteiger partial charge in [-0.15, -0.1) is 0 Å². The third kappa shape index (κ3) is 4.56. The van der Waals surface area contributed by atoms with Gasteiger partial charge < -0.3 is 9.32 Å². The van der Waals surface area contributed by atoms with Gasteiger partial charge in [0.05, 0.1) is 18.3 Å². The maximum Gasteiger partial charge on any atom is 0.406 e. The average molecular weight is 374 g/mol. The van der Waals surface area contributed by atoms with E-state index in [9.17, 15) is 18.0 Å². The van der Waals surface area contributed by atoms with E-state index in [4.69, 9.17) is 4.42 Å². The van der Waals surface area contributed by atoms with Gasteiger partial charge in [-0.1, -0.05) is 0 Å². The summed E-state index contributed by atoms with van der Waals surface area (Å²) >= 11 is 0. The molecule has 0 radical (unpaired) electrons. The van der Waals surface area contributed by atoms with Crippen LogP contribution in [0, 0.1) is 13.8 Å². The molecule has 0 saturated carbocycles. The molecule has 146 valence electrons. The molecule has 1 amide bonds. The van der Waals surface area contributed by atoms with Crippen LogP contribution in [0.15, 0.2) is 4.42 Å². The monoisotopic (exact) mass is 374 g/mol. The van der Waals surface area contributed by atoms with E-state index in [2.05, 4.69) is 9.88 Å². The van der Waals surface area contributed by atoms with E-state index in [0.717, 1.165) is 29.4 Å². The van der Waals surface area contributed by atoms with Crippen molar-refractivity contribution in [1.29, 1.82) is 0 Å². The smallest absolute Gasteiger partial charge is 0.406 e. The molecule has 2 fully saturated rings. The molecule has 1 aromatic heterocycles. The predicted molar refractivity (Wildman–Crippen MR) is 88.5 cm³/mol. The average Bonchev–Trinajstić information content (AvgIpc) is 2.87. The number of piperazine rings is 1. The zero-order valence-corrected chi connectivity index (χ0v) is 15.2. The summed E-state index contributed by atoms with van der Waals surface area (Å²) in [7, 11) is 0. The first-order valence-corrected chi connectivity index (χ1v) is 8.98. The first-order chi connectivity index (χ1) is 12.2. The van der Waals surface area contributed by atoms with Crippen LogP contribution in [0.5, 0.6) is 0 Å². The first kappa shape index (κ1) is 19.2. The van der Waals surface area contributed by atoms with Crippen LogP contribution in [0.2, 0.25) is 0 Å². The van der Waals surface area contributed by atoms with Crippen LogP contribution in [-0.2, 0) is 11.3 Å². The van der Waals surface area contributed by atoms with E-state index in [1.54, 1.807) is 0 Å². The zero-order valence-electron chi connectivity index (χ0n) is 15.2. The fourth-order valence-corrected chi connectivity index (χ4v) is 3.66. The summed E-state index contributed by atoms with van der Waals surface area (Å²) < 4.78 is 43.5. The molecule has 2 saturated heterocycles. The Morgan fingerprint density at radius 2 is 1.85 bits per heavy atom. The number of aromatic nitrogens is 1. The number of likely N-dealkylation sites (tertiary alicyclic amines) is 1. The van der Waals surface area contributed by atoms with Gasteiger partial charge in [-0.05, 0) is 26.7 Å². The minimum absolute atomic E-state index is 0.192. The second-order valence-electron chi connectivity index (χ2n) is 7.09. The highest BCUT2D eigenvalue weighted by atomic mass is 19.4. The van der Waals surface area contributed by atoms with Crippen LogP contribution in [0.1, 0.15) is 30.2 Å². The highest BCUT2D eigenvalue weighted by Crippen LogP contribution is 2.24. The van der Waals surface area contributed by atoms with Gasteiger partial charge in [-0.3, -0.25) is 14.6 Å². The highest BCUT2D eigenvalue weighted by molar-refractivity contribution is 5.82. The third-order valence-electron chi connectivity index (χ3n) is 5.15. The molecule has 0 aliphatic carbocycles. The van der Waals surface area contributed by atoms with Gasteiger partial charge >= 0.3 is 6.18 Å². The van der Waals surface area contributed by atoms with Crippen LogP contribution in [0.3, 0.4) is 0 Å². The Kier molecular flexibility index (Phi) is 5.57. The first-order valence-electron chi connectivity index (χ1n) is 8.98. The quantitative estimate of drug-likeness (QED) is 0.807. The van der Waals surface area contributed by atoms with Gasteiger partial charge in [0.1, 0.15) is 12.3 Å². The molecule has 6 nitrogen and oxygen atoms in total. The summed E-state index contributed by atoms with van der Waals surface area (Å²) in [6, 6.07) is -0.431. The molecule has 0 bridgehead atoms. The molecule has 2 aliphatic rings. The van der Waals surface area contributed by atoms with Crippen LogP contribution in [0.25, 0.3) is 0 Å². The van der Waals surface area contributed by atoms with Gasteiger partial charge in [-0.2, -0.15) is 13.2 Å². The molecule has 1 atom stereocenters. The van der Waals surface area contributed by atoms with Crippen molar-refractivity contribution in [2.24, 2.45) is 0 Å². The molecule has 9 heteroatoms. The van der Waals surface area contributed by atoms with E-state index in [1.807, 2.05) is 18.7 Å². The maximum absolute atomic E-state index is 12.6. The number of rotatable bonds is 4. The van der Waals surface area contributed by atoms with Crippen molar-refractivity contribution in [3.63, 3.8) is 0 Å². The number of aryl methyl sites for hydroxylation is 2. The molecule has 3 rings (SSSR count). The van der Waals surface area contributed by atoms with Crippen LogP contribution >= 0.6 is 0 Å². The number of oxazole rings is 1. The second kappa shape index (κ2) is 7.56. The van der Waals surface area contributed by atoms with Crippen molar-refractivity contribution >= 4 is 5.91 Å². The number of carbonyl (C=O) groups excluding carboxylic acids is 1. The lowest BCUT2D eigenvalue weighted by Gasteiger charge is -2.42. The Bertz CT molecular complexity index is 619. The van der Waals surface area contributed by atoms with Gasteiger partial charge in [0.25, 0.3) is 0 Å². The van der Waals surface area contributed by atoms with Gasteiger partial charge in [0.2, 0.25) is 11.8 Å². The van der Waals surface area contributed by atoms with E-state index >= 15 is 0 Å². The summed E-state index contributed by atoms with van der Waals surface area (Å²) in [6.07, 6.45) is -3.10. The Balaban J connectivity index is 1.53. The number of halogens is 3. The maximum atomic E-state index is 12.6. The normalized spacial score (nSPS) is 23.7. The lowest BCUT2D eigenvalue weighted by atomic mass is 10.0. The molecule has 0 unspecified atom stereocenters.